The van der Waals surface area contributed by atoms with E-state index in [0.717, 1.165) is 29.3 Å². The first-order valence-corrected chi connectivity index (χ1v) is 15.9. The molecule has 0 bridgehead atoms. The summed E-state index contributed by atoms with van der Waals surface area (Å²) in [7, 11) is 3.91. The summed E-state index contributed by atoms with van der Waals surface area (Å²) in [5.41, 5.74) is 5.86. The molecule has 0 unspecified atom stereocenters. The molecule has 0 saturated heterocycles. The van der Waals surface area contributed by atoms with E-state index in [2.05, 4.69) is 35.5 Å². The van der Waals surface area contributed by atoms with E-state index < -0.39 is 5.82 Å². The van der Waals surface area contributed by atoms with Gasteiger partial charge in [0.05, 0.1) is 29.3 Å². The number of imidazole rings is 1. The molecule has 12 heteroatoms. The number of H-pyrrole nitrogens is 2. The number of anilines is 1. The second kappa shape index (κ2) is 13.2. The SMILES string of the molecule is CN(C)CCOc1cc(F)cc(-c2ccnc3[nH]c(-c4n[nH]c5cnc(-c6cncc(NC(=O)CC7CCCCC7)c6)cc45)nc23)c1. The van der Waals surface area contributed by atoms with Crippen molar-refractivity contribution in [3.63, 3.8) is 0 Å². The molecule has 0 spiro atoms. The first kappa shape index (κ1) is 30.4. The number of aromatic amines is 2. The molecule has 5 heterocycles. The number of ether oxygens (including phenoxy) is 1. The lowest BCUT2D eigenvalue weighted by Crippen LogP contribution is -2.19. The van der Waals surface area contributed by atoms with E-state index >= 15 is 0 Å². The highest BCUT2D eigenvalue weighted by molar-refractivity contribution is 5.97. The standard InChI is InChI=1S/C35H36FN9O2/c1-45(2)10-11-47-26-15-22(13-24(36)16-26)27-8-9-38-34-32(27)41-35(42-34)33-28-17-29(39-20-30(28)43-44-33)23-14-25(19-37-18-23)40-31(46)12-21-6-4-3-5-7-21/h8-9,13-21H,3-7,10-12H2,1-2H3,(H,40,46)(H,43,44)(H,38,41,42). The van der Waals surface area contributed by atoms with E-state index in [1.54, 1.807) is 24.8 Å². The van der Waals surface area contributed by atoms with Gasteiger partial charge in [0.15, 0.2) is 11.5 Å². The van der Waals surface area contributed by atoms with Gasteiger partial charge in [0.1, 0.15) is 29.4 Å². The van der Waals surface area contributed by atoms with Gasteiger partial charge in [-0.15, -0.1) is 0 Å². The van der Waals surface area contributed by atoms with Crippen molar-refractivity contribution in [1.29, 1.82) is 0 Å². The number of nitrogens with zero attached hydrogens (tertiary/aromatic N) is 6. The van der Waals surface area contributed by atoms with E-state index in [1.807, 2.05) is 43.3 Å². The Morgan fingerprint density at radius 2 is 1.91 bits per heavy atom. The van der Waals surface area contributed by atoms with Crippen LogP contribution in [0.5, 0.6) is 5.75 Å². The third-order valence-electron chi connectivity index (χ3n) is 8.56. The molecular formula is C35H36FN9O2. The third-order valence-corrected chi connectivity index (χ3v) is 8.56. The van der Waals surface area contributed by atoms with Crippen LogP contribution in [0.1, 0.15) is 38.5 Å². The van der Waals surface area contributed by atoms with Crippen molar-refractivity contribution in [1.82, 2.24) is 40.0 Å². The molecule has 0 radical (unpaired) electrons. The molecule has 1 aliphatic carbocycles. The van der Waals surface area contributed by atoms with Crippen LogP contribution in [0.4, 0.5) is 10.1 Å². The highest BCUT2D eigenvalue weighted by atomic mass is 19.1. The quantitative estimate of drug-likeness (QED) is 0.153. The molecule has 7 rings (SSSR count). The number of benzene rings is 1. The van der Waals surface area contributed by atoms with Crippen molar-refractivity contribution in [3.8, 4) is 39.7 Å². The molecular weight excluding hydrogens is 597 g/mol. The molecule has 47 heavy (non-hydrogen) atoms. The highest BCUT2D eigenvalue weighted by Gasteiger charge is 2.19. The molecule has 5 aromatic heterocycles. The lowest BCUT2D eigenvalue weighted by Gasteiger charge is -2.20. The van der Waals surface area contributed by atoms with E-state index in [0.29, 0.717) is 76.4 Å². The van der Waals surface area contributed by atoms with Crippen LogP contribution in [0.25, 0.3) is 56.0 Å². The topological polar surface area (TPSA) is 138 Å². The second-order valence-corrected chi connectivity index (χ2v) is 12.4. The van der Waals surface area contributed by atoms with Crippen molar-refractivity contribution in [2.24, 2.45) is 5.92 Å². The minimum absolute atomic E-state index is 0.0144. The van der Waals surface area contributed by atoms with Gasteiger partial charge in [-0.25, -0.2) is 14.4 Å². The van der Waals surface area contributed by atoms with Gasteiger partial charge in [-0.1, -0.05) is 19.3 Å². The number of fused-ring (bicyclic) bond motifs is 2. The Kier molecular flexibility index (Phi) is 8.58. The Morgan fingerprint density at radius 3 is 2.77 bits per heavy atom. The summed E-state index contributed by atoms with van der Waals surface area (Å²) >= 11 is 0. The number of halogens is 1. The lowest BCUT2D eigenvalue weighted by atomic mass is 9.87. The van der Waals surface area contributed by atoms with Gasteiger partial charge in [-0.3, -0.25) is 19.9 Å². The monoisotopic (exact) mass is 633 g/mol. The van der Waals surface area contributed by atoms with E-state index in [4.69, 9.17) is 9.72 Å². The summed E-state index contributed by atoms with van der Waals surface area (Å²) in [6, 6.07) is 10.3. The number of pyridine rings is 3. The summed E-state index contributed by atoms with van der Waals surface area (Å²) in [6.07, 6.45) is 13.2. The summed E-state index contributed by atoms with van der Waals surface area (Å²) in [5.74, 6) is 1.02. The van der Waals surface area contributed by atoms with Gasteiger partial charge in [0.2, 0.25) is 5.91 Å². The molecule has 1 aromatic carbocycles. The van der Waals surface area contributed by atoms with Crippen LogP contribution in [-0.4, -0.2) is 73.2 Å². The normalized spacial score (nSPS) is 13.9. The Balaban J connectivity index is 1.16. The molecule has 3 N–H and O–H groups in total. The first-order valence-electron chi connectivity index (χ1n) is 15.9. The van der Waals surface area contributed by atoms with Crippen molar-refractivity contribution < 1.29 is 13.9 Å². The Bertz CT molecular complexity index is 2050. The Labute approximate surface area is 271 Å². The maximum absolute atomic E-state index is 14.7. The largest absolute Gasteiger partial charge is 0.492 e. The average molecular weight is 634 g/mol. The molecule has 1 amide bonds. The van der Waals surface area contributed by atoms with E-state index in [9.17, 15) is 9.18 Å². The van der Waals surface area contributed by atoms with Crippen molar-refractivity contribution in [2.45, 2.75) is 38.5 Å². The number of aromatic nitrogens is 7. The van der Waals surface area contributed by atoms with Crippen LogP contribution in [-0.2, 0) is 4.79 Å². The van der Waals surface area contributed by atoms with Crippen LogP contribution in [0.2, 0.25) is 0 Å². The molecule has 6 aromatic rings. The predicted octanol–water partition coefficient (Wildman–Crippen LogP) is 6.61. The summed E-state index contributed by atoms with van der Waals surface area (Å²) in [5, 5.41) is 11.4. The zero-order chi connectivity index (χ0) is 32.3. The Morgan fingerprint density at radius 1 is 1.04 bits per heavy atom. The zero-order valence-corrected chi connectivity index (χ0v) is 26.4. The smallest absolute Gasteiger partial charge is 0.224 e. The maximum Gasteiger partial charge on any atom is 0.224 e. The van der Waals surface area contributed by atoms with Crippen LogP contribution in [0.3, 0.4) is 0 Å². The van der Waals surface area contributed by atoms with Gasteiger partial charge >= 0.3 is 0 Å². The molecule has 1 saturated carbocycles. The number of carbonyl (C=O) groups excluding carboxylic acids is 1. The fraction of sp³-hybridized carbons (Fsp3) is 0.314. The zero-order valence-electron chi connectivity index (χ0n) is 26.4. The molecule has 11 nitrogen and oxygen atoms in total. The number of carbonyl (C=O) groups is 1. The lowest BCUT2D eigenvalue weighted by molar-refractivity contribution is -0.117. The van der Waals surface area contributed by atoms with Crippen molar-refractivity contribution in [3.05, 3.63) is 67.0 Å². The number of likely N-dealkylation sites (N-methyl/N-ethyl adjacent to an activating group) is 1. The highest BCUT2D eigenvalue weighted by Crippen LogP contribution is 2.34. The van der Waals surface area contributed by atoms with E-state index in [-0.39, 0.29) is 5.91 Å². The first-order chi connectivity index (χ1) is 22.9. The molecule has 0 atom stereocenters. The molecule has 240 valence electrons. The predicted molar refractivity (Wildman–Crippen MR) is 179 cm³/mol. The summed E-state index contributed by atoms with van der Waals surface area (Å²) < 4.78 is 20.5. The molecule has 1 aliphatic rings. The van der Waals surface area contributed by atoms with Crippen LogP contribution in [0.15, 0.2) is 61.2 Å². The maximum atomic E-state index is 14.7. The summed E-state index contributed by atoms with van der Waals surface area (Å²) in [4.78, 5) is 36.4. The minimum Gasteiger partial charge on any atom is -0.492 e. The van der Waals surface area contributed by atoms with E-state index in [1.165, 1.54) is 31.4 Å². The third kappa shape index (κ3) is 6.82. The number of nitrogens with one attached hydrogen (secondary N) is 3. The van der Waals surface area contributed by atoms with Gasteiger partial charge in [0.25, 0.3) is 0 Å². The van der Waals surface area contributed by atoms with Gasteiger partial charge < -0.3 is 19.9 Å². The fourth-order valence-electron chi connectivity index (χ4n) is 6.17. The number of rotatable bonds is 10. The van der Waals surface area contributed by atoms with Crippen LogP contribution < -0.4 is 10.1 Å². The Hall–Kier alpha value is -5.23. The average Bonchev–Trinajstić information content (AvgIpc) is 3.69. The van der Waals surface area contributed by atoms with Crippen molar-refractivity contribution >= 4 is 33.7 Å². The molecule has 1 fully saturated rings. The van der Waals surface area contributed by atoms with Gasteiger partial charge in [-0.2, -0.15) is 5.10 Å². The van der Waals surface area contributed by atoms with Gasteiger partial charge in [0, 0.05) is 47.9 Å². The number of hydrogen-bond donors (Lipinski definition) is 3. The fourth-order valence-corrected chi connectivity index (χ4v) is 6.17. The van der Waals surface area contributed by atoms with Crippen LogP contribution >= 0.6 is 0 Å². The van der Waals surface area contributed by atoms with Crippen molar-refractivity contribution in [2.75, 3.05) is 32.6 Å². The van der Waals surface area contributed by atoms with Gasteiger partial charge in [-0.05, 0) is 68.8 Å². The van der Waals surface area contributed by atoms with Crippen LogP contribution in [0, 0.1) is 11.7 Å². The number of hydrogen-bond acceptors (Lipinski definition) is 8. The summed E-state index contributed by atoms with van der Waals surface area (Å²) in [6.45, 7) is 1.15. The minimum atomic E-state index is -0.399. The molecule has 0 aliphatic heterocycles. The number of amides is 1. The second-order valence-electron chi connectivity index (χ2n) is 12.4.